The van der Waals surface area contributed by atoms with Gasteiger partial charge in [0, 0.05) is 38.3 Å². The smallest absolute Gasteiger partial charge is 0.188 e. The van der Waals surface area contributed by atoms with E-state index < -0.39 is 36.7 Å². The van der Waals surface area contributed by atoms with E-state index >= 15 is 0 Å². The number of ketones is 1. The fourth-order valence-corrected chi connectivity index (χ4v) is 5.28. The van der Waals surface area contributed by atoms with Crippen molar-refractivity contribution in [3.8, 4) is 10.7 Å². The van der Waals surface area contributed by atoms with Gasteiger partial charge < -0.3 is 23.8 Å². The minimum absolute atomic E-state index is 0.226. The third kappa shape index (κ3) is 5.08. The van der Waals surface area contributed by atoms with Crippen molar-refractivity contribution in [2.24, 2.45) is 0 Å². The molecule has 3 unspecified atom stereocenters. The van der Waals surface area contributed by atoms with Gasteiger partial charge in [-0.05, 0) is 6.08 Å². The van der Waals surface area contributed by atoms with Gasteiger partial charge in [-0.15, -0.1) is 16.4 Å². The third-order valence-corrected chi connectivity index (χ3v) is 7.21. The van der Waals surface area contributed by atoms with Gasteiger partial charge in [-0.3, -0.25) is 4.79 Å². The first kappa shape index (κ1) is 25.0. The van der Waals surface area contributed by atoms with Crippen LogP contribution in [0, 0.1) is 0 Å². The summed E-state index contributed by atoms with van der Waals surface area (Å²) in [5.41, 5.74) is 1.44. The van der Waals surface area contributed by atoms with Crippen LogP contribution in [0.25, 0.3) is 10.7 Å². The zero-order valence-corrected chi connectivity index (χ0v) is 21.5. The van der Waals surface area contributed by atoms with E-state index in [1.54, 1.807) is 34.5 Å². The van der Waals surface area contributed by atoms with Crippen molar-refractivity contribution in [1.82, 2.24) is 24.9 Å². The largest absolute Gasteiger partial charge is 0.383 e. The molecule has 10 nitrogen and oxygen atoms in total. The molecular weight excluding hydrogens is 506 g/mol. The predicted molar refractivity (Wildman–Crippen MR) is 132 cm³/mol. The Kier molecular flexibility index (Phi) is 7.47. The van der Waals surface area contributed by atoms with Crippen molar-refractivity contribution in [2.45, 2.75) is 36.7 Å². The van der Waals surface area contributed by atoms with Gasteiger partial charge in [0.25, 0.3) is 0 Å². The van der Waals surface area contributed by atoms with Crippen LogP contribution in [-0.2, 0) is 23.7 Å². The lowest BCUT2D eigenvalue weighted by Gasteiger charge is -2.48. The quantitative estimate of drug-likeness (QED) is 0.425. The number of thiazole rings is 1. The molecule has 0 aliphatic carbocycles. The Hall–Kier alpha value is -2.67. The van der Waals surface area contributed by atoms with E-state index in [4.69, 9.17) is 30.5 Å². The van der Waals surface area contributed by atoms with E-state index in [0.717, 1.165) is 5.56 Å². The first-order valence-electron chi connectivity index (χ1n) is 11.4. The number of benzene rings is 1. The van der Waals surface area contributed by atoms with Crippen molar-refractivity contribution >= 4 is 28.7 Å². The summed E-state index contributed by atoms with van der Waals surface area (Å²) in [5, 5.41) is 11.4. The number of nitrogens with zero attached hydrogens (tertiary/aromatic N) is 5. The van der Waals surface area contributed by atoms with Crippen LogP contribution in [-0.4, -0.2) is 82.9 Å². The average Bonchev–Trinajstić information content (AvgIpc) is 3.55. The molecule has 4 heterocycles. The van der Waals surface area contributed by atoms with E-state index in [9.17, 15) is 4.79 Å². The Bertz CT molecular complexity index is 1220. The lowest BCUT2D eigenvalue weighted by atomic mass is 9.89. The highest BCUT2D eigenvalue weighted by Crippen LogP contribution is 2.40. The number of ether oxygens (including phenoxy) is 4. The molecule has 0 bridgehead atoms. The zero-order valence-electron chi connectivity index (χ0n) is 19.9. The minimum Gasteiger partial charge on any atom is -0.383 e. The Morgan fingerprint density at radius 1 is 1.28 bits per heavy atom. The highest BCUT2D eigenvalue weighted by molar-refractivity contribution is 7.13. The molecule has 190 valence electrons. The number of carbonyl (C=O) groups is 1. The minimum atomic E-state index is -0.889. The van der Waals surface area contributed by atoms with E-state index in [0.29, 0.717) is 15.9 Å². The molecule has 2 saturated heterocycles. The van der Waals surface area contributed by atoms with Crippen LogP contribution in [0.3, 0.4) is 0 Å². The Morgan fingerprint density at radius 3 is 2.78 bits per heavy atom. The van der Waals surface area contributed by atoms with Crippen LogP contribution in [0.4, 0.5) is 0 Å². The molecule has 0 amide bonds. The maximum atomic E-state index is 13.2. The van der Waals surface area contributed by atoms with Gasteiger partial charge in [0.2, 0.25) is 0 Å². The highest BCUT2D eigenvalue weighted by atomic mass is 35.5. The molecule has 0 spiro atoms. The number of methoxy groups -OCH3 is 1. The molecule has 0 N–H and O–H groups in total. The van der Waals surface area contributed by atoms with Gasteiger partial charge in [-0.1, -0.05) is 47.1 Å². The summed E-state index contributed by atoms with van der Waals surface area (Å²) < 4.78 is 26.2. The molecule has 3 aromatic rings. The van der Waals surface area contributed by atoms with Crippen LogP contribution in [0.2, 0.25) is 5.15 Å². The van der Waals surface area contributed by atoms with Crippen LogP contribution in [0.15, 0.2) is 54.2 Å². The summed E-state index contributed by atoms with van der Waals surface area (Å²) in [4.78, 5) is 19.2. The van der Waals surface area contributed by atoms with Gasteiger partial charge in [0.05, 0.1) is 12.8 Å². The standard InChI is InChI=1S/C24H26ClN5O5S/c1-29(2)10-9-16(31)20-22(32-3)19(30-11-15(27-28-30)23-26-18(25)13-36-23)21-17(34-20)12-33-24(35-21)14-7-5-4-6-8-14/h4-11,13,17,19-22,24H,12H2,1-3H3/b10-9+/t17?,19-,20-,21-,22?,24?/m0/s1. The fraction of sp³-hybridized carbons (Fsp3) is 0.417. The Morgan fingerprint density at radius 2 is 2.08 bits per heavy atom. The topological polar surface area (TPSA) is 101 Å². The van der Waals surface area contributed by atoms with E-state index in [2.05, 4.69) is 15.3 Å². The molecule has 12 heteroatoms. The lowest BCUT2D eigenvalue weighted by Crippen LogP contribution is -2.61. The summed E-state index contributed by atoms with van der Waals surface area (Å²) in [6, 6.07) is 9.14. The second kappa shape index (κ2) is 10.8. The third-order valence-electron chi connectivity index (χ3n) is 6.02. The van der Waals surface area contributed by atoms with Crippen LogP contribution < -0.4 is 0 Å². The van der Waals surface area contributed by atoms with Crippen molar-refractivity contribution < 1.29 is 23.7 Å². The van der Waals surface area contributed by atoms with Crippen LogP contribution in [0.5, 0.6) is 0 Å². The van der Waals surface area contributed by atoms with Gasteiger partial charge in [-0.25, -0.2) is 9.67 Å². The molecule has 2 aromatic heterocycles. The maximum Gasteiger partial charge on any atom is 0.188 e. The number of hydrogen-bond acceptors (Lipinski definition) is 10. The number of halogens is 1. The number of carbonyl (C=O) groups excluding carboxylic acids is 1. The second-order valence-electron chi connectivity index (χ2n) is 8.70. The van der Waals surface area contributed by atoms with E-state index in [-0.39, 0.29) is 12.4 Å². The summed E-state index contributed by atoms with van der Waals surface area (Å²) in [7, 11) is 5.22. The van der Waals surface area contributed by atoms with Gasteiger partial charge in [0.15, 0.2) is 12.1 Å². The molecule has 2 fully saturated rings. The SMILES string of the molecule is COC1[C@@H](n2cc(-c3nc(Cl)cs3)nn2)[C@H]2OC(c3ccccc3)OCC2O[C@H]1C(=O)/C=C/N(C)C. The van der Waals surface area contributed by atoms with Crippen LogP contribution >= 0.6 is 22.9 Å². The Balaban J connectivity index is 1.50. The fourth-order valence-electron chi connectivity index (χ4n) is 4.38. The van der Waals surface area contributed by atoms with E-state index in [1.165, 1.54) is 17.4 Å². The van der Waals surface area contributed by atoms with Gasteiger partial charge in [0.1, 0.15) is 46.3 Å². The van der Waals surface area contributed by atoms with Crippen molar-refractivity contribution in [1.29, 1.82) is 0 Å². The second-order valence-corrected chi connectivity index (χ2v) is 9.95. The predicted octanol–water partition coefficient (Wildman–Crippen LogP) is 3.14. The summed E-state index contributed by atoms with van der Waals surface area (Å²) >= 11 is 7.38. The van der Waals surface area contributed by atoms with Crippen molar-refractivity contribution in [3.63, 3.8) is 0 Å². The number of rotatable bonds is 7. The van der Waals surface area contributed by atoms with Crippen molar-refractivity contribution in [3.05, 3.63) is 64.9 Å². The highest BCUT2D eigenvalue weighted by Gasteiger charge is 2.53. The van der Waals surface area contributed by atoms with E-state index in [1.807, 2.05) is 44.4 Å². The first-order chi connectivity index (χ1) is 17.4. The van der Waals surface area contributed by atoms with Crippen LogP contribution in [0.1, 0.15) is 17.9 Å². The molecule has 2 aliphatic heterocycles. The first-order valence-corrected chi connectivity index (χ1v) is 12.6. The molecule has 36 heavy (non-hydrogen) atoms. The average molecular weight is 532 g/mol. The molecular formula is C24H26ClN5O5S. The molecule has 2 aliphatic rings. The molecule has 5 rings (SSSR count). The molecule has 0 radical (unpaired) electrons. The summed E-state index contributed by atoms with van der Waals surface area (Å²) in [6.45, 7) is 0.238. The maximum absolute atomic E-state index is 13.2. The van der Waals surface area contributed by atoms with Crippen molar-refractivity contribution in [2.75, 3.05) is 27.8 Å². The summed E-state index contributed by atoms with van der Waals surface area (Å²) in [5.74, 6) is -0.226. The number of hydrogen-bond donors (Lipinski definition) is 0. The summed E-state index contributed by atoms with van der Waals surface area (Å²) in [6.07, 6.45) is 1.69. The van der Waals surface area contributed by atoms with Gasteiger partial charge >= 0.3 is 0 Å². The van der Waals surface area contributed by atoms with Gasteiger partial charge in [-0.2, -0.15) is 0 Å². The molecule has 6 atom stereocenters. The number of aromatic nitrogens is 4. The number of fused-ring (bicyclic) bond motifs is 1. The lowest BCUT2D eigenvalue weighted by molar-refractivity contribution is -0.314. The normalized spacial score (nSPS) is 28.2. The Labute approximate surface area is 217 Å². The monoisotopic (exact) mass is 531 g/mol. The molecule has 0 saturated carbocycles. The zero-order chi connectivity index (χ0) is 25.2. The molecule has 1 aromatic carbocycles.